The first kappa shape index (κ1) is 10.5. The van der Waals surface area contributed by atoms with Gasteiger partial charge < -0.3 is 9.64 Å². The molecular weight excluding hydrogens is 208 g/mol. The van der Waals surface area contributed by atoms with Crippen molar-refractivity contribution in [2.45, 2.75) is 0 Å². The minimum atomic E-state index is -0.348. The zero-order chi connectivity index (χ0) is 11.7. The van der Waals surface area contributed by atoms with Gasteiger partial charge >= 0.3 is 0 Å². The first-order chi connectivity index (χ1) is 7.61. The Morgan fingerprint density at radius 1 is 1.50 bits per heavy atom. The third kappa shape index (κ3) is 1.71. The summed E-state index contributed by atoms with van der Waals surface area (Å²) in [5.74, 6) is 0.702. The molecule has 5 nitrogen and oxygen atoms in total. The molecule has 1 aromatic carbocycles. The second-order valence-electron chi connectivity index (χ2n) is 3.67. The van der Waals surface area contributed by atoms with Crippen LogP contribution in [0, 0.1) is 10.1 Å². The third-order valence-corrected chi connectivity index (χ3v) is 2.60. The van der Waals surface area contributed by atoms with Crippen LogP contribution in [0.5, 0.6) is 5.75 Å². The van der Waals surface area contributed by atoms with Crippen LogP contribution in [-0.4, -0.2) is 25.6 Å². The molecule has 1 aliphatic heterocycles. The Labute approximate surface area is 93.1 Å². The number of methoxy groups -OCH3 is 1. The zero-order valence-electron chi connectivity index (χ0n) is 9.14. The molecule has 0 atom stereocenters. The van der Waals surface area contributed by atoms with E-state index < -0.39 is 0 Å². The van der Waals surface area contributed by atoms with E-state index in [0.717, 1.165) is 11.3 Å². The summed E-state index contributed by atoms with van der Waals surface area (Å²) in [5.41, 5.74) is 1.99. The molecule has 1 heterocycles. The summed E-state index contributed by atoms with van der Waals surface area (Å²) in [5, 5.41) is 10.7. The van der Waals surface area contributed by atoms with Gasteiger partial charge in [-0.15, -0.1) is 0 Å². The number of ether oxygens (including phenoxy) is 1. The minimum Gasteiger partial charge on any atom is -0.497 e. The Hall–Kier alpha value is -2.04. The van der Waals surface area contributed by atoms with Gasteiger partial charge in [-0.05, 0) is 18.2 Å². The molecule has 0 unspecified atom stereocenters. The van der Waals surface area contributed by atoms with Crippen molar-refractivity contribution in [1.29, 1.82) is 0 Å². The highest BCUT2D eigenvalue weighted by atomic mass is 16.6. The molecule has 16 heavy (non-hydrogen) atoms. The molecular formula is C11H12N2O3. The van der Waals surface area contributed by atoms with Gasteiger partial charge in [0.25, 0.3) is 5.70 Å². The Balaban J connectivity index is 2.50. The lowest BCUT2D eigenvalue weighted by Crippen LogP contribution is -2.26. The first-order valence-electron chi connectivity index (χ1n) is 4.86. The number of fused-ring (bicyclic) bond motifs is 1. The molecule has 0 N–H and O–H groups in total. The Kier molecular flexibility index (Phi) is 2.52. The maximum Gasteiger partial charge on any atom is 0.266 e. The van der Waals surface area contributed by atoms with E-state index in [0.29, 0.717) is 12.3 Å². The maximum atomic E-state index is 10.7. The average Bonchev–Trinajstić information content (AvgIpc) is 2.28. The van der Waals surface area contributed by atoms with Crippen LogP contribution in [0.1, 0.15) is 5.56 Å². The normalized spacial score (nSPS) is 14.1. The fourth-order valence-electron chi connectivity index (χ4n) is 1.79. The van der Waals surface area contributed by atoms with Crippen LogP contribution in [0.3, 0.4) is 0 Å². The van der Waals surface area contributed by atoms with Crippen molar-refractivity contribution in [2.24, 2.45) is 0 Å². The van der Waals surface area contributed by atoms with E-state index in [1.165, 1.54) is 0 Å². The number of rotatable bonds is 2. The summed E-state index contributed by atoms with van der Waals surface area (Å²) in [6, 6.07) is 5.55. The average molecular weight is 220 g/mol. The summed E-state index contributed by atoms with van der Waals surface area (Å²) in [6.45, 7) is 0.326. The van der Waals surface area contributed by atoms with Crippen molar-refractivity contribution >= 4 is 11.8 Å². The number of anilines is 1. The smallest absolute Gasteiger partial charge is 0.266 e. The molecule has 0 aliphatic carbocycles. The van der Waals surface area contributed by atoms with Crippen molar-refractivity contribution in [3.8, 4) is 5.75 Å². The van der Waals surface area contributed by atoms with E-state index in [9.17, 15) is 10.1 Å². The van der Waals surface area contributed by atoms with Crippen LogP contribution in [0.4, 0.5) is 5.69 Å². The van der Waals surface area contributed by atoms with Gasteiger partial charge in [0.05, 0.1) is 12.0 Å². The number of benzene rings is 1. The molecule has 0 bridgehead atoms. The monoisotopic (exact) mass is 220 g/mol. The fourth-order valence-corrected chi connectivity index (χ4v) is 1.79. The van der Waals surface area contributed by atoms with Gasteiger partial charge in [-0.25, -0.2) is 0 Å². The van der Waals surface area contributed by atoms with Crippen LogP contribution in [-0.2, 0) is 0 Å². The molecule has 0 amide bonds. The molecule has 0 fully saturated rings. The number of hydrogen-bond acceptors (Lipinski definition) is 4. The number of likely N-dealkylation sites (N-methyl/N-ethyl adjacent to an activating group) is 1. The zero-order valence-corrected chi connectivity index (χ0v) is 9.14. The summed E-state index contributed by atoms with van der Waals surface area (Å²) < 4.78 is 5.09. The van der Waals surface area contributed by atoms with E-state index in [2.05, 4.69) is 0 Å². The maximum absolute atomic E-state index is 10.7. The van der Waals surface area contributed by atoms with Gasteiger partial charge in [0.2, 0.25) is 0 Å². The molecule has 1 aliphatic rings. The third-order valence-electron chi connectivity index (χ3n) is 2.60. The standard InChI is InChI=1S/C11H12N2O3/c1-12-7-9(13(14)15)5-8-6-10(16-2)3-4-11(8)12/h3-6H,7H2,1-2H3. The summed E-state index contributed by atoms with van der Waals surface area (Å²) in [6.07, 6.45) is 1.60. The number of hydrogen-bond donors (Lipinski definition) is 0. The van der Waals surface area contributed by atoms with Crippen LogP contribution < -0.4 is 9.64 Å². The van der Waals surface area contributed by atoms with Gasteiger partial charge in [-0.3, -0.25) is 10.1 Å². The minimum absolute atomic E-state index is 0.197. The largest absolute Gasteiger partial charge is 0.497 e. The van der Waals surface area contributed by atoms with Gasteiger partial charge in [0, 0.05) is 24.4 Å². The van der Waals surface area contributed by atoms with Crippen LogP contribution in [0.15, 0.2) is 23.9 Å². The summed E-state index contributed by atoms with van der Waals surface area (Å²) >= 11 is 0. The Morgan fingerprint density at radius 2 is 2.25 bits per heavy atom. The van der Waals surface area contributed by atoms with Gasteiger partial charge in [0.15, 0.2) is 0 Å². The molecule has 0 aromatic heterocycles. The molecule has 0 spiro atoms. The van der Waals surface area contributed by atoms with Crippen molar-refractivity contribution in [1.82, 2.24) is 0 Å². The Bertz CT molecular complexity index is 468. The van der Waals surface area contributed by atoms with Crippen LogP contribution in [0.2, 0.25) is 0 Å². The highest BCUT2D eigenvalue weighted by Gasteiger charge is 2.22. The molecule has 84 valence electrons. The summed E-state index contributed by atoms with van der Waals surface area (Å²) in [4.78, 5) is 12.2. The molecule has 0 radical (unpaired) electrons. The van der Waals surface area contributed by atoms with Gasteiger partial charge in [0.1, 0.15) is 12.3 Å². The van der Waals surface area contributed by atoms with Crippen molar-refractivity contribution in [3.05, 3.63) is 39.6 Å². The first-order valence-corrected chi connectivity index (χ1v) is 4.86. The summed E-state index contributed by atoms with van der Waals surface area (Å²) in [7, 11) is 3.41. The molecule has 0 saturated carbocycles. The van der Waals surface area contributed by atoms with Crippen molar-refractivity contribution < 1.29 is 9.66 Å². The predicted molar refractivity (Wildman–Crippen MR) is 61.2 cm³/mol. The second-order valence-corrected chi connectivity index (χ2v) is 3.67. The molecule has 0 saturated heterocycles. The molecule has 5 heteroatoms. The predicted octanol–water partition coefficient (Wildman–Crippen LogP) is 1.76. The highest BCUT2D eigenvalue weighted by Crippen LogP contribution is 2.30. The van der Waals surface area contributed by atoms with Gasteiger partial charge in [-0.1, -0.05) is 0 Å². The number of nitrogens with zero attached hydrogens (tertiary/aromatic N) is 2. The van der Waals surface area contributed by atoms with Crippen LogP contribution in [0.25, 0.3) is 6.08 Å². The lowest BCUT2D eigenvalue weighted by Gasteiger charge is -2.24. The lowest BCUT2D eigenvalue weighted by molar-refractivity contribution is -0.423. The lowest BCUT2D eigenvalue weighted by atomic mass is 10.1. The van der Waals surface area contributed by atoms with E-state index in [4.69, 9.17) is 4.74 Å². The van der Waals surface area contributed by atoms with Crippen molar-refractivity contribution in [2.75, 3.05) is 25.6 Å². The molecule has 1 aromatic rings. The molecule has 2 rings (SSSR count). The topological polar surface area (TPSA) is 55.6 Å². The van der Waals surface area contributed by atoms with E-state index in [-0.39, 0.29) is 10.6 Å². The van der Waals surface area contributed by atoms with E-state index in [1.807, 2.05) is 24.1 Å². The van der Waals surface area contributed by atoms with E-state index >= 15 is 0 Å². The quantitative estimate of drug-likeness (QED) is 0.563. The van der Waals surface area contributed by atoms with E-state index in [1.54, 1.807) is 19.3 Å². The van der Waals surface area contributed by atoms with Crippen LogP contribution >= 0.6 is 0 Å². The Morgan fingerprint density at radius 3 is 2.88 bits per heavy atom. The van der Waals surface area contributed by atoms with Crippen molar-refractivity contribution in [3.63, 3.8) is 0 Å². The second kappa shape index (κ2) is 3.84. The fraction of sp³-hybridized carbons (Fsp3) is 0.273. The van der Waals surface area contributed by atoms with Gasteiger partial charge in [-0.2, -0.15) is 0 Å². The number of nitro groups is 1. The SMILES string of the molecule is COc1ccc2c(c1)C=C([N+](=O)[O-])CN2C. The highest BCUT2D eigenvalue weighted by molar-refractivity contribution is 5.73.